The van der Waals surface area contributed by atoms with Gasteiger partial charge in [-0.3, -0.25) is 0 Å². The molecular formula is C14H14BrNO3S2. The first-order chi connectivity index (χ1) is 9.88. The van der Waals surface area contributed by atoms with Crippen molar-refractivity contribution < 1.29 is 13.5 Å². The third-order valence-corrected chi connectivity index (χ3v) is 7.64. The Kier molecular flexibility index (Phi) is 3.96. The first-order valence-electron chi connectivity index (χ1n) is 6.42. The molecule has 0 bridgehead atoms. The molecule has 1 heterocycles. The summed E-state index contributed by atoms with van der Waals surface area (Å²) < 4.78 is 28.6. The van der Waals surface area contributed by atoms with Crippen LogP contribution in [0.3, 0.4) is 0 Å². The number of aryl methyl sites for hydroxylation is 1. The van der Waals surface area contributed by atoms with Crippen molar-refractivity contribution in [3.8, 4) is 0 Å². The van der Waals surface area contributed by atoms with E-state index in [-0.39, 0.29) is 4.21 Å². The maximum absolute atomic E-state index is 12.5. The molecule has 21 heavy (non-hydrogen) atoms. The first-order valence-corrected chi connectivity index (χ1v) is 9.52. The number of nitrogens with one attached hydrogen (secondary N) is 1. The van der Waals surface area contributed by atoms with Crippen LogP contribution in [-0.2, 0) is 16.4 Å². The highest BCUT2D eigenvalue weighted by Crippen LogP contribution is 2.35. The Morgan fingerprint density at radius 3 is 2.76 bits per heavy atom. The maximum atomic E-state index is 12.5. The summed E-state index contributed by atoms with van der Waals surface area (Å²) in [5.41, 5.74) is 2.72. The van der Waals surface area contributed by atoms with Crippen molar-refractivity contribution in [2.24, 2.45) is 0 Å². The molecule has 4 nitrogen and oxygen atoms in total. The minimum atomic E-state index is -3.64. The number of benzene rings is 1. The van der Waals surface area contributed by atoms with Crippen molar-refractivity contribution in [1.82, 2.24) is 4.72 Å². The summed E-state index contributed by atoms with van der Waals surface area (Å²) in [7, 11) is -3.64. The molecule has 112 valence electrons. The Morgan fingerprint density at radius 1 is 1.38 bits per heavy atom. The number of rotatable bonds is 3. The first kappa shape index (κ1) is 15.2. The van der Waals surface area contributed by atoms with E-state index in [1.807, 2.05) is 31.2 Å². The quantitative estimate of drug-likeness (QED) is 0.850. The summed E-state index contributed by atoms with van der Waals surface area (Å²) in [6.07, 6.45) is -0.266. The van der Waals surface area contributed by atoms with Crippen LogP contribution in [0.4, 0.5) is 0 Å². The second-order valence-electron chi connectivity index (χ2n) is 5.09. The number of sulfonamides is 1. The van der Waals surface area contributed by atoms with Crippen molar-refractivity contribution >= 4 is 37.3 Å². The highest BCUT2D eigenvalue weighted by atomic mass is 79.9. The molecule has 1 aromatic carbocycles. The van der Waals surface area contributed by atoms with Crippen LogP contribution in [-0.4, -0.2) is 19.6 Å². The second kappa shape index (κ2) is 5.48. The van der Waals surface area contributed by atoms with Gasteiger partial charge in [0.15, 0.2) is 0 Å². The molecule has 1 aliphatic rings. The van der Waals surface area contributed by atoms with Gasteiger partial charge in [-0.1, -0.05) is 24.3 Å². The predicted octanol–water partition coefficient (Wildman–Crippen LogP) is 2.76. The lowest BCUT2D eigenvalue weighted by molar-refractivity contribution is 0.151. The third kappa shape index (κ3) is 2.80. The highest BCUT2D eigenvalue weighted by Gasteiger charge is 2.34. The molecule has 2 N–H and O–H groups in total. The molecule has 0 saturated heterocycles. The van der Waals surface area contributed by atoms with Crippen molar-refractivity contribution in [2.75, 3.05) is 0 Å². The molecule has 1 aromatic heterocycles. The van der Waals surface area contributed by atoms with Crippen LogP contribution in [0.15, 0.2) is 38.3 Å². The molecule has 2 atom stereocenters. The SMILES string of the molecule is Cc1cc(S(=O)(=O)N[C@@H]2c3ccccc3C[C@@H]2O)sc1Br. The maximum Gasteiger partial charge on any atom is 0.250 e. The van der Waals surface area contributed by atoms with Gasteiger partial charge < -0.3 is 5.11 Å². The van der Waals surface area contributed by atoms with Crippen molar-refractivity contribution in [1.29, 1.82) is 0 Å². The smallest absolute Gasteiger partial charge is 0.250 e. The van der Waals surface area contributed by atoms with E-state index in [0.29, 0.717) is 6.42 Å². The Hall–Kier alpha value is -0.730. The fourth-order valence-corrected chi connectivity index (χ4v) is 6.00. The van der Waals surface area contributed by atoms with Gasteiger partial charge in [0.1, 0.15) is 4.21 Å². The minimum absolute atomic E-state index is 0.253. The molecule has 0 amide bonds. The normalized spacial score (nSPS) is 21.5. The van der Waals surface area contributed by atoms with Gasteiger partial charge in [0.05, 0.1) is 15.9 Å². The Bertz CT molecular complexity index is 766. The summed E-state index contributed by atoms with van der Waals surface area (Å²) in [5, 5.41) is 10.1. The molecule has 2 aromatic rings. The molecule has 0 saturated carbocycles. The van der Waals surface area contributed by atoms with E-state index in [2.05, 4.69) is 20.7 Å². The lowest BCUT2D eigenvalue weighted by Crippen LogP contribution is -2.33. The zero-order chi connectivity index (χ0) is 15.2. The van der Waals surface area contributed by atoms with Crippen LogP contribution >= 0.6 is 27.3 Å². The van der Waals surface area contributed by atoms with E-state index in [1.165, 1.54) is 11.3 Å². The van der Waals surface area contributed by atoms with Gasteiger partial charge in [-0.2, -0.15) is 0 Å². The van der Waals surface area contributed by atoms with Crippen LogP contribution in [0.25, 0.3) is 0 Å². The van der Waals surface area contributed by atoms with E-state index in [0.717, 1.165) is 20.5 Å². The summed E-state index contributed by atoms with van der Waals surface area (Å²) in [6.45, 7) is 1.85. The van der Waals surface area contributed by atoms with Crippen molar-refractivity contribution in [2.45, 2.75) is 29.7 Å². The molecule has 0 radical (unpaired) electrons. The molecule has 0 unspecified atom stereocenters. The monoisotopic (exact) mass is 387 g/mol. The number of fused-ring (bicyclic) bond motifs is 1. The van der Waals surface area contributed by atoms with Gasteiger partial charge in [0, 0.05) is 6.42 Å². The topological polar surface area (TPSA) is 66.4 Å². The highest BCUT2D eigenvalue weighted by molar-refractivity contribution is 9.11. The van der Waals surface area contributed by atoms with E-state index in [4.69, 9.17) is 0 Å². The van der Waals surface area contributed by atoms with Crippen molar-refractivity contribution in [3.63, 3.8) is 0 Å². The minimum Gasteiger partial charge on any atom is -0.391 e. The molecule has 7 heteroatoms. The van der Waals surface area contributed by atoms with Gasteiger partial charge in [-0.05, 0) is 45.6 Å². The van der Waals surface area contributed by atoms with Gasteiger partial charge in [0.25, 0.3) is 10.0 Å². The summed E-state index contributed by atoms with van der Waals surface area (Å²) in [4.78, 5) is 0. The predicted molar refractivity (Wildman–Crippen MR) is 86.0 cm³/mol. The zero-order valence-electron chi connectivity index (χ0n) is 11.2. The lowest BCUT2D eigenvalue weighted by Gasteiger charge is -2.17. The van der Waals surface area contributed by atoms with Crippen LogP contribution in [0.1, 0.15) is 22.7 Å². The number of hydrogen-bond donors (Lipinski definition) is 2. The number of thiophene rings is 1. The number of aliphatic hydroxyl groups excluding tert-OH is 1. The summed E-state index contributed by atoms with van der Waals surface area (Å²) in [5.74, 6) is 0. The Morgan fingerprint density at radius 2 is 2.10 bits per heavy atom. The second-order valence-corrected chi connectivity index (χ2v) is 9.40. The van der Waals surface area contributed by atoms with Crippen molar-refractivity contribution in [3.05, 3.63) is 50.8 Å². The molecule has 3 rings (SSSR count). The Labute approximate surface area is 136 Å². The average molecular weight is 388 g/mol. The molecule has 0 fully saturated rings. The third-order valence-electron chi connectivity index (χ3n) is 3.59. The molecule has 0 spiro atoms. The average Bonchev–Trinajstić information content (AvgIpc) is 2.92. The molecule has 1 aliphatic carbocycles. The van der Waals surface area contributed by atoms with Gasteiger partial charge in [0.2, 0.25) is 0 Å². The molecular weight excluding hydrogens is 374 g/mol. The zero-order valence-corrected chi connectivity index (χ0v) is 14.4. The van der Waals surface area contributed by atoms with Gasteiger partial charge in [-0.25, -0.2) is 13.1 Å². The number of aliphatic hydroxyl groups is 1. The summed E-state index contributed by atoms with van der Waals surface area (Å²) in [6, 6.07) is 8.55. The largest absolute Gasteiger partial charge is 0.391 e. The van der Waals surface area contributed by atoms with Crippen LogP contribution in [0.2, 0.25) is 0 Å². The van der Waals surface area contributed by atoms with Gasteiger partial charge >= 0.3 is 0 Å². The Balaban J connectivity index is 1.93. The van der Waals surface area contributed by atoms with E-state index >= 15 is 0 Å². The fraction of sp³-hybridized carbons (Fsp3) is 0.286. The molecule has 0 aliphatic heterocycles. The summed E-state index contributed by atoms with van der Waals surface area (Å²) >= 11 is 4.51. The standard InChI is InChI=1S/C14H14BrNO3S2/c1-8-6-12(20-14(8)15)21(18,19)16-13-10-5-3-2-4-9(10)7-11(13)17/h2-6,11,13,16-17H,7H2,1H3/t11-,13+/m0/s1. The van der Waals surface area contributed by atoms with E-state index < -0.39 is 22.2 Å². The lowest BCUT2D eigenvalue weighted by atomic mass is 10.1. The van der Waals surface area contributed by atoms with E-state index in [1.54, 1.807) is 6.07 Å². The van der Waals surface area contributed by atoms with Crippen LogP contribution in [0, 0.1) is 6.92 Å². The number of halogens is 1. The van der Waals surface area contributed by atoms with E-state index in [9.17, 15) is 13.5 Å². The van der Waals surface area contributed by atoms with Crippen LogP contribution < -0.4 is 4.72 Å². The number of hydrogen-bond acceptors (Lipinski definition) is 4. The van der Waals surface area contributed by atoms with Gasteiger partial charge in [-0.15, -0.1) is 11.3 Å². The fourth-order valence-electron chi connectivity index (χ4n) is 2.51. The van der Waals surface area contributed by atoms with Crippen LogP contribution in [0.5, 0.6) is 0 Å².